The van der Waals surface area contributed by atoms with Crippen LogP contribution in [-0.4, -0.2) is 15.9 Å². The van der Waals surface area contributed by atoms with Gasteiger partial charge in [0.2, 0.25) is 0 Å². The molecule has 0 atom stereocenters. The molecule has 5 heteroatoms. The summed E-state index contributed by atoms with van der Waals surface area (Å²) in [4.78, 5) is 21.0. The minimum absolute atomic E-state index is 0.101. The second-order valence-electron chi connectivity index (χ2n) is 7.03. The van der Waals surface area contributed by atoms with Crippen LogP contribution in [0.4, 0.5) is 11.5 Å². The zero-order chi connectivity index (χ0) is 20.8. The van der Waals surface area contributed by atoms with Crippen LogP contribution in [0.2, 0.25) is 0 Å². The molecule has 1 amide bonds. The summed E-state index contributed by atoms with van der Waals surface area (Å²) in [5.74, 6) is 0.593. The van der Waals surface area contributed by atoms with Gasteiger partial charge in [0.15, 0.2) is 0 Å². The number of anilines is 2. The lowest BCUT2D eigenvalue weighted by Crippen LogP contribution is -2.22. The third-order valence-corrected chi connectivity index (χ3v) is 4.73. The fourth-order valence-corrected chi connectivity index (χ4v) is 3.04. The molecule has 4 rings (SSSR count). The fraction of sp³-hybridized carbons (Fsp3) is 0.0800. The zero-order valence-corrected chi connectivity index (χ0v) is 16.7. The largest absolute Gasteiger partial charge is 0.348 e. The Labute approximate surface area is 175 Å². The van der Waals surface area contributed by atoms with Crippen molar-refractivity contribution in [1.29, 1.82) is 0 Å². The molecule has 0 aliphatic heterocycles. The minimum atomic E-state index is -0.101. The van der Waals surface area contributed by atoms with E-state index < -0.39 is 0 Å². The van der Waals surface area contributed by atoms with Gasteiger partial charge in [0.1, 0.15) is 12.1 Å². The van der Waals surface area contributed by atoms with E-state index in [0.717, 1.165) is 22.5 Å². The van der Waals surface area contributed by atoms with E-state index in [0.29, 0.717) is 17.9 Å². The van der Waals surface area contributed by atoms with Crippen molar-refractivity contribution >= 4 is 17.4 Å². The maximum absolute atomic E-state index is 12.4. The first-order chi connectivity index (χ1) is 14.7. The van der Waals surface area contributed by atoms with Gasteiger partial charge in [-0.25, -0.2) is 9.97 Å². The highest BCUT2D eigenvalue weighted by Crippen LogP contribution is 2.21. The van der Waals surface area contributed by atoms with Gasteiger partial charge in [-0.1, -0.05) is 60.2 Å². The van der Waals surface area contributed by atoms with Gasteiger partial charge in [-0.05, 0) is 36.8 Å². The molecule has 5 nitrogen and oxygen atoms in total. The van der Waals surface area contributed by atoms with Crippen LogP contribution in [0.5, 0.6) is 0 Å². The van der Waals surface area contributed by atoms with E-state index in [1.165, 1.54) is 11.9 Å². The quantitative estimate of drug-likeness (QED) is 0.476. The second-order valence-corrected chi connectivity index (χ2v) is 7.03. The number of rotatable bonds is 6. The first-order valence-corrected chi connectivity index (χ1v) is 9.76. The molecule has 148 valence electrons. The molecule has 0 saturated heterocycles. The lowest BCUT2D eigenvalue weighted by molar-refractivity contribution is 0.0951. The van der Waals surface area contributed by atoms with Gasteiger partial charge < -0.3 is 10.6 Å². The van der Waals surface area contributed by atoms with E-state index in [9.17, 15) is 4.79 Å². The number of hydrogen-bond donors (Lipinski definition) is 2. The first-order valence-electron chi connectivity index (χ1n) is 9.76. The van der Waals surface area contributed by atoms with Crippen molar-refractivity contribution in [2.24, 2.45) is 0 Å². The number of hydrogen-bond acceptors (Lipinski definition) is 4. The number of amides is 1. The van der Waals surface area contributed by atoms with Crippen LogP contribution in [0.25, 0.3) is 11.3 Å². The third-order valence-electron chi connectivity index (χ3n) is 4.73. The van der Waals surface area contributed by atoms with E-state index >= 15 is 0 Å². The van der Waals surface area contributed by atoms with E-state index in [2.05, 4.69) is 20.6 Å². The number of nitrogens with one attached hydrogen (secondary N) is 2. The molecule has 0 bridgehead atoms. The topological polar surface area (TPSA) is 66.9 Å². The van der Waals surface area contributed by atoms with Crippen LogP contribution in [0, 0.1) is 6.92 Å². The van der Waals surface area contributed by atoms with Crippen LogP contribution >= 0.6 is 0 Å². The van der Waals surface area contributed by atoms with Crippen molar-refractivity contribution in [2.45, 2.75) is 13.5 Å². The predicted octanol–water partition coefficient (Wildman–Crippen LogP) is 5.13. The Hall–Kier alpha value is -3.99. The molecule has 0 aliphatic carbocycles. The Morgan fingerprint density at radius 3 is 2.33 bits per heavy atom. The van der Waals surface area contributed by atoms with Crippen molar-refractivity contribution in [3.63, 3.8) is 0 Å². The van der Waals surface area contributed by atoms with Gasteiger partial charge in [0, 0.05) is 29.4 Å². The smallest absolute Gasteiger partial charge is 0.251 e. The number of nitrogens with zero attached hydrogens (tertiary/aromatic N) is 2. The average Bonchev–Trinajstić information content (AvgIpc) is 2.80. The highest BCUT2D eigenvalue weighted by Gasteiger charge is 2.06. The summed E-state index contributed by atoms with van der Waals surface area (Å²) in [5.41, 5.74) is 5.62. The molecule has 4 aromatic rings. The molecule has 0 unspecified atom stereocenters. The second kappa shape index (κ2) is 9.01. The monoisotopic (exact) mass is 394 g/mol. The molecule has 30 heavy (non-hydrogen) atoms. The van der Waals surface area contributed by atoms with Crippen molar-refractivity contribution in [1.82, 2.24) is 15.3 Å². The maximum Gasteiger partial charge on any atom is 0.251 e. The molecular weight excluding hydrogens is 372 g/mol. The van der Waals surface area contributed by atoms with E-state index in [1.807, 2.05) is 79.7 Å². The van der Waals surface area contributed by atoms with Crippen molar-refractivity contribution in [3.05, 3.63) is 108 Å². The summed E-state index contributed by atoms with van der Waals surface area (Å²) < 4.78 is 0. The highest BCUT2D eigenvalue weighted by molar-refractivity contribution is 5.94. The maximum atomic E-state index is 12.4. The minimum Gasteiger partial charge on any atom is -0.348 e. The fourth-order valence-electron chi connectivity index (χ4n) is 3.04. The number of carbonyl (C=O) groups excluding carboxylic acids is 1. The van der Waals surface area contributed by atoms with Crippen LogP contribution in [0.15, 0.2) is 91.3 Å². The molecule has 0 saturated carbocycles. The summed E-state index contributed by atoms with van der Waals surface area (Å²) in [6.07, 6.45) is 1.54. The molecule has 0 aliphatic rings. The molecule has 3 aromatic carbocycles. The highest BCUT2D eigenvalue weighted by atomic mass is 16.1. The Morgan fingerprint density at radius 2 is 1.60 bits per heavy atom. The Morgan fingerprint density at radius 1 is 0.867 bits per heavy atom. The van der Waals surface area contributed by atoms with Crippen LogP contribution in [0.1, 0.15) is 21.5 Å². The van der Waals surface area contributed by atoms with Crippen LogP contribution < -0.4 is 10.6 Å². The van der Waals surface area contributed by atoms with Crippen LogP contribution in [-0.2, 0) is 6.54 Å². The van der Waals surface area contributed by atoms with Crippen LogP contribution in [0.3, 0.4) is 0 Å². The summed E-state index contributed by atoms with van der Waals surface area (Å²) >= 11 is 0. The van der Waals surface area contributed by atoms with Gasteiger partial charge in [-0.3, -0.25) is 4.79 Å². The Kier molecular flexibility index (Phi) is 5.80. The summed E-state index contributed by atoms with van der Waals surface area (Å²) in [6.45, 7) is 2.55. The van der Waals surface area contributed by atoms with E-state index in [1.54, 1.807) is 12.1 Å². The summed E-state index contributed by atoms with van der Waals surface area (Å²) in [5, 5.41) is 6.21. The molecular formula is C25H22N4O. The lowest BCUT2D eigenvalue weighted by atomic mass is 10.1. The average molecular weight is 394 g/mol. The first kappa shape index (κ1) is 19.3. The SMILES string of the molecule is Cc1ccc(CNC(=O)c2ccc(Nc3cc(-c4ccccc4)ncn3)cc2)cc1. The molecule has 0 fully saturated rings. The molecule has 2 N–H and O–H groups in total. The number of carbonyl (C=O) groups is 1. The van der Waals surface area contributed by atoms with E-state index in [-0.39, 0.29) is 5.91 Å². The van der Waals surface area contributed by atoms with Gasteiger partial charge in [-0.2, -0.15) is 0 Å². The van der Waals surface area contributed by atoms with Gasteiger partial charge in [-0.15, -0.1) is 0 Å². The third kappa shape index (κ3) is 4.89. The number of benzene rings is 3. The number of aryl methyl sites for hydroxylation is 1. The molecule has 1 aromatic heterocycles. The molecule has 0 radical (unpaired) electrons. The normalized spacial score (nSPS) is 10.4. The standard InChI is InChI=1S/C25H22N4O/c1-18-7-9-19(10-8-18)16-26-25(30)21-11-13-22(14-12-21)29-24-15-23(27-17-28-24)20-5-3-2-4-6-20/h2-15,17H,16H2,1H3,(H,26,30)(H,27,28,29). The zero-order valence-electron chi connectivity index (χ0n) is 16.7. The lowest BCUT2D eigenvalue weighted by Gasteiger charge is -2.09. The van der Waals surface area contributed by atoms with Crippen molar-refractivity contribution < 1.29 is 4.79 Å². The van der Waals surface area contributed by atoms with Gasteiger partial charge in [0.25, 0.3) is 5.91 Å². The summed E-state index contributed by atoms with van der Waals surface area (Å²) in [6, 6.07) is 27.3. The Balaban J connectivity index is 1.39. The van der Waals surface area contributed by atoms with Gasteiger partial charge in [0.05, 0.1) is 5.69 Å². The van der Waals surface area contributed by atoms with Crippen molar-refractivity contribution in [3.8, 4) is 11.3 Å². The summed E-state index contributed by atoms with van der Waals surface area (Å²) in [7, 11) is 0. The van der Waals surface area contributed by atoms with E-state index in [4.69, 9.17) is 0 Å². The molecule has 1 heterocycles. The van der Waals surface area contributed by atoms with Gasteiger partial charge >= 0.3 is 0 Å². The molecule has 0 spiro atoms. The Bertz CT molecular complexity index is 1120. The number of aromatic nitrogens is 2. The predicted molar refractivity (Wildman–Crippen MR) is 120 cm³/mol. The van der Waals surface area contributed by atoms with Crippen molar-refractivity contribution in [2.75, 3.05) is 5.32 Å².